The summed E-state index contributed by atoms with van der Waals surface area (Å²) in [6.07, 6.45) is 0.281. The van der Waals surface area contributed by atoms with Gasteiger partial charge in [-0.15, -0.1) is 12.4 Å². The van der Waals surface area contributed by atoms with Crippen LogP contribution in [0.5, 0.6) is 0 Å². The molecule has 0 heterocycles. The molecule has 0 radical (unpaired) electrons. The van der Waals surface area contributed by atoms with E-state index in [1.54, 1.807) is 0 Å². The summed E-state index contributed by atoms with van der Waals surface area (Å²) in [6.45, 7) is -0.119. The monoisotopic (exact) mass is 250 g/mol. The van der Waals surface area contributed by atoms with Gasteiger partial charge in [-0.3, -0.25) is 10.1 Å². The molecule has 0 bridgehead atoms. The van der Waals surface area contributed by atoms with Crippen LogP contribution in [0, 0.1) is 15.9 Å². The van der Waals surface area contributed by atoms with Gasteiger partial charge in [-0.05, 0) is 18.1 Å². The summed E-state index contributed by atoms with van der Waals surface area (Å²) in [6, 6.07) is 2.96. The third-order valence-corrected chi connectivity index (χ3v) is 2.04. The highest BCUT2D eigenvalue weighted by Gasteiger charge is 2.16. The van der Waals surface area contributed by atoms with Gasteiger partial charge in [0.2, 0.25) is 5.82 Å². The number of hydrogen-bond donors (Lipinski definition) is 2. The number of benzene rings is 1. The summed E-state index contributed by atoms with van der Waals surface area (Å²) in [7, 11) is 0. The van der Waals surface area contributed by atoms with E-state index in [0.29, 0.717) is 5.56 Å². The van der Waals surface area contributed by atoms with Crippen LogP contribution in [0.3, 0.4) is 0 Å². The standard InChI is InChI=1S/C9H11FN2O3.ClH/c10-7-2-1-6(8(11)3-4-13)5-9(7)12(14)15;/h1-2,5,8,13H,3-4,11H2;1H. The smallest absolute Gasteiger partial charge is 0.305 e. The van der Waals surface area contributed by atoms with Crippen molar-refractivity contribution in [3.63, 3.8) is 0 Å². The number of halogens is 2. The molecule has 1 aromatic carbocycles. The van der Waals surface area contributed by atoms with Crippen LogP contribution in [0.2, 0.25) is 0 Å². The summed E-state index contributed by atoms with van der Waals surface area (Å²) < 4.78 is 12.9. The van der Waals surface area contributed by atoms with Crippen molar-refractivity contribution in [2.24, 2.45) is 5.73 Å². The molecule has 0 saturated heterocycles. The maximum absolute atomic E-state index is 12.9. The lowest BCUT2D eigenvalue weighted by Gasteiger charge is -2.09. The van der Waals surface area contributed by atoms with E-state index in [-0.39, 0.29) is 25.4 Å². The van der Waals surface area contributed by atoms with Crippen LogP contribution in [0.4, 0.5) is 10.1 Å². The molecule has 0 aliphatic carbocycles. The second-order valence-corrected chi connectivity index (χ2v) is 3.09. The molecule has 3 N–H and O–H groups in total. The minimum atomic E-state index is -0.889. The van der Waals surface area contributed by atoms with Gasteiger partial charge < -0.3 is 10.8 Å². The average molecular weight is 251 g/mol. The van der Waals surface area contributed by atoms with E-state index in [9.17, 15) is 14.5 Å². The molecule has 0 saturated carbocycles. The van der Waals surface area contributed by atoms with Crippen molar-refractivity contribution in [3.8, 4) is 0 Å². The van der Waals surface area contributed by atoms with Gasteiger partial charge in [0.25, 0.3) is 0 Å². The molecule has 0 amide bonds. The molecule has 90 valence electrons. The van der Waals surface area contributed by atoms with Crippen LogP contribution in [0.15, 0.2) is 18.2 Å². The fourth-order valence-electron chi connectivity index (χ4n) is 1.21. The van der Waals surface area contributed by atoms with Crippen LogP contribution in [-0.4, -0.2) is 16.6 Å². The molecule has 0 fully saturated rings. The molecular formula is C9H12ClFN2O3. The zero-order valence-corrected chi connectivity index (χ0v) is 9.11. The van der Waals surface area contributed by atoms with E-state index in [1.165, 1.54) is 6.07 Å². The first-order valence-electron chi connectivity index (χ1n) is 4.36. The van der Waals surface area contributed by atoms with Crippen molar-refractivity contribution in [2.75, 3.05) is 6.61 Å². The van der Waals surface area contributed by atoms with Crippen LogP contribution in [0.1, 0.15) is 18.0 Å². The van der Waals surface area contributed by atoms with Crippen LogP contribution in [0.25, 0.3) is 0 Å². The number of aliphatic hydroxyl groups excluding tert-OH is 1. The summed E-state index contributed by atoms with van der Waals surface area (Å²) in [5, 5.41) is 19.1. The van der Waals surface area contributed by atoms with Crippen molar-refractivity contribution in [3.05, 3.63) is 39.7 Å². The normalized spacial score (nSPS) is 11.7. The van der Waals surface area contributed by atoms with Crippen molar-refractivity contribution in [1.29, 1.82) is 0 Å². The Kier molecular flexibility index (Phi) is 5.87. The fourth-order valence-corrected chi connectivity index (χ4v) is 1.21. The predicted molar refractivity (Wildman–Crippen MR) is 58.9 cm³/mol. The molecule has 7 heteroatoms. The van der Waals surface area contributed by atoms with Gasteiger partial charge in [-0.2, -0.15) is 4.39 Å². The van der Waals surface area contributed by atoms with E-state index in [1.807, 2.05) is 0 Å². The lowest BCUT2D eigenvalue weighted by Crippen LogP contribution is -2.12. The fraction of sp³-hybridized carbons (Fsp3) is 0.333. The zero-order valence-electron chi connectivity index (χ0n) is 8.30. The van der Waals surface area contributed by atoms with E-state index >= 15 is 0 Å². The van der Waals surface area contributed by atoms with Crippen LogP contribution < -0.4 is 5.73 Å². The Hall–Kier alpha value is -1.24. The Bertz CT molecular complexity index is 376. The Morgan fingerprint density at radius 3 is 2.69 bits per heavy atom. The lowest BCUT2D eigenvalue weighted by atomic mass is 10.0. The second kappa shape index (κ2) is 6.37. The van der Waals surface area contributed by atoms with Crippen molar-refractivity contribution in [1.82, 2.24) is 0 Å². The molecule has 16 heavy (non-hydrogen) atoms. The highest BCUT2D eigenvalue weighted by molar-refractivity contribution is 5.85. The predicted octanol–water partition coefficient (Wildman–Crippen LogP) is 1.54. The Labute approximate surface area is 97.6 Å². The molecule has 0 aromatic heterocycles. The number of nitro benzene ring substituents is 1. The molecule has 1 rings (SSSR count). The summed E-state index contributed by atoms with van der Waals surface area (Å²) in [4.78, 5) is 9.63. The molecule has 0 spiro atoms. The first kappa shape index (κ1) is 14.8. The highest BCUT2D eigenvalue weighted by Crippen LogP contribution is 2.22. The first-order chi connectivity index (χ1) is 7.06. The van der Waals surface area contributed by atoms with E-state index < -0.39 is 22.5 Å². The molecule has 5 nitrogen and oxygen atoms in total. The Morgan fingerprint density at radius 1 is 1.56 bits per heavy atom. The maximum atomic E-state index is 12.9. The van der Waals surface area contributed by atoms with E-state index in [2.05, 4.69) is 0 Å². The number of rotatable bonds is 4. The second-order valence-electron chi connectivity index (χ2n) is 3.09. The van der Waals surface area contributed by atoms with Gasteiger partial charge in [0.05, 0.1) is 4.92 Å². The quantitative estimate of drug-likeness (QED) is 0.627. The molecule has 1 aromatic rings. The summed E-state index contributed by atoms with van der Waals surface area (Å²) in [5.74, 6) is -0.889. The van der Waals surface area contributed by atoms with Gasteiger partial charge in [0.15, 0.2) is 0 Å². The SMILES string of the molecule is Cl.NC(CCO)c1ccc(F)c([N+](=O)[O-])c1. The first-order valence-corrected chi connectivity index (χ1v) is 4.36. The van der Waals surface area contributed by atoms with Crippen LogP contribution >= 0.6 is 12.4 Å². The highest BCUT2D eigenvalue weighted by atomic mass is 35.5. The largest absolute Gasteiger partial charge is 0.396 e. The molecule has 0 aliphatic heterocycles. The number of nitrogens with zero attached hydrogens (tertiary/aromatic N) is 1. The van der Waals surface area contributed by atoms with Gasteiger partial charge >= 0.3 is 5.69 Å². The zero-order chi connectivity index (χ0) is 11.4. The summed E-state index contributed by atoms with van der Waals surface area (Å²) >= 11 is 0. The molecular weight excluding hydrogens is 239 g/mol. The van der Waals surface area contributed by atoms with Gasteiger partial charge in [-0.1, -0.05) is 6.07 Å². The maximum Gasteiger partial charge on any atom is 0.305 e. The molecule has 1 unspecified atom stereocenters. The lowest BCUT2D eigenvalue weighted by molar-refractivity contribution is -0.387. The number of hydrogen-bond acceptors (Lipinski definition) is 4. The average Bonchev–Trinajstić information content (AvgIpc) is 2.18. The third-order valence-electron chi connectivity index (χ3n) is 2.04. The minimum Gasteiger partial charge on any atom is -0.396 e. The van der Waals surface area contributed by atoms with Crippen molar-refractivity contribution < 1.29 is 14.4 Å². The third kappa shape index (κ3) is 3.41. The van der Waals surface area contributed by atoms with Crippen molar-refractivity contribution in [2.45, 2.75) is 12.5 Å². The Morgan fingerprint density at radius 2 is 2.19 bits per heavy atom. The number of nitro groups is 1. The van der Waals surface area contributed by atoms with Crippen LogP contribution in [-0.2, 0) is 0 Å². The molecule has 0 aliphatic rings. The number of aliphatic hydroxyl groups is 1. The van der Waals surface area contributed by atoms with Crippen molar-refractivity contribution >= 4 is 18.1 Å². The Balaban J connectivity index is 0.00000225. The molecule has 1 atom stereocenters. The minimum absolute atomic E-state index is 0. The van der Waals surface area contributed by atoms with E-state index in [4.69, 9.17) is 10.8 Å². The van der Waals surface area contributed by atoms with Gasteiger partial charge in [-0.25, -0.2) is 0 Å². The summed E-state index contributed by atoms with van der Waals surface area (Å²) in [5.41, 5.74) is 5.46. The number of nitrogens with two attached hydrogens (primary N) is 1. The topological polar surface area (TPSA) is 89.4 Å². The van der Waals surface area contributed by atoms with E-state index in [0.717, 1.165) is 12.1 Å². The van der Waals surface area contributed by atoms with Gasteiger partial charge in [0.1, 0.15) is 0 Å². The van der Waals surface area contributed by atoms with Gasteiger partial charge in [0, 0.05) is 18.7 Å².